The van der Waals surface area contributed by atoms with Crippen LogP contribution in [0.25, 0.3) is 0 Å². The Hall–Kier alpha value is -0.513. The van der Waals surface area contributed by atoms with Gasteiger partial charge in [-0.15, -0.1) is 0 Å². The van der Waals surface area contributed by atoms with Gasteiger partial charge in [-0.1, -0.05) is 80.6 Å². The average Bonchev–Trinajstić information content (AvgIpc) is 2.42. The van der Waals surface area contributed by atoms with E-state index >= 15 is 0 Å². The molecule has 0 amide bonds. The first-order valence-electron chi connectivity index (χ1n) is 9.14. The molecule has 0 rings (SSSR count). The van der Waals surface area contributed by atoms with E-state index in [0.29, 0.717) is 23.2 Å². The zero-order valence-electron chi connectivity index (χ0n) is 15.9. The first-order chi connectivity index (χ1) is 10.3. The van der Waals surface area contributed by atoms with Gasteiger partial charge in [-0.3, -0.25) is 0 Å². The molecular formula is C18H38O3Si. The van der Waals surface area contributed by atoms with Gasteiger partial charge >= 0.3 is 6.16 Å². The van der Waals surface area contributed by atoms with Crippen molar-refractivity contribution in [3.8, 4) is 0 Å². The molecule has 0 spiro atoms. The van der Waals surface area contributed by atoms with E-state index in [1.807, 2.05) is 0 Å². The summed E-state index contributed by atoms with van der Waals surface area (Å²) in [6, 6.07) is 0. The second-order valence-corrected chi connectivity index (χ2v) is 12.7. The molecule has 0 heterocycles. The van der Waals surface area contributed by atoms with Crippen molar-refractivity contribution in [2.45, 2.75) is 104 Å². The Morgan fingerprint density at radius 2 is 1.27 bits per heavy atom. The summed E-state index contributed by atoms with van der Waals surface area (Å²) < 4.78 is 11.3. The van der Waals surface area contributed by atoms with Gasteiger partial charge in [0.15, 0.2) is 0 Å². The van der Waals surface area contributed by atoms with E-state index in [9.17, 15) is 4.79 Å². The third-order valence-electron chi connectivity index (χ3n) is 4.69. The summed E-state index contributed by atoms with van der Waals surface area (Å²) >= 11 is 0. The van der Waals surface area contributed by atoms with Gasteiger partial charge in [0.05, 0.1) is 6.61 Å². The minimum atomic E-state index is -2.15. The molecule has 3 nitrogen and oxygen atoms in total. The van der Waals surface area contributed by atoms with Crippen molar-refractivity contribution in [3.05, 3.63) is 0 Å². The Kier molecular flexibility index (Phi) is 10.8. The predicted octanol–water partition coefficient (Wildman–Crippen LogP) is 6.68. The van der Waals surface area contributed by atoms with Crippen LogP contribution in [0.1, 0.15) is 87.0 Å². The fourth-order valence-electron chi connectivity index (χ4n) is 3.57. The first kappa shape index (κ1) is 21.5. The van der Waals surface area contributed by atoms with E-state index in [4.69, 9.17) is 9.16 Å². The molecule has 0 saturated heterocycles. The number of hydrogen-bond acceptors (Lipinski definition) is 3. The van der Waals surface area contributed by atoms with Crippen molar-refractivity contribution in [2.24, 2.45) is 0 Å². The molecule has 0 aromatic rings. The Balaban J connectivity index is 4.25. The number of rotatable bonds is 11. The van der Waals surface area contributed by atoms with E-state index in [2.05, 4.69) is 48.5 Å². The number of carbonyl (C=O) groups excluding carboxylic acids is 1. The molecule has 0 bridgehead atoms. The summed E-state index contributed by atoms with van der Waals surface area (Å²) in [6.45, 7) is 15.7. The van der Waals surface area contributed by atoms with Crippen molar-refractivity contribution in [1.82, 2.24) is 0 Å². The lowest BCUT2D eigenvalue weighted by molar-refractivity contribution is 0.0912. The fraction of sp³-hybridized carbons (Fsp3) is 0.944. The predicted molar refractivity (Wildman–Crippen MR) is 96.9 cm³/mol. The van der Waals surface area contributed by atoms with Gasteiger partial charge < -0.3 is 9.16 Å². The Labute approximate surface area is 139 Å². The molecule has 22 heavy (non-hydrogen) atoms. The molecule has 0 aliphatic heterocycles. The number of hydrogen-bond donors (Lipinski definition) is 0. The maximum absolute atomic E-state index is 12.1. The second-order valence-electron chi connectivity index (χ2n) is 7.29. The van der Waals surface area contributed by atoms with E-state index in [1.54, 1.807) is 0 Å². The topological polar surface area (TPSA) is 35.5 Å². The highest BCUT2D eigenvalue weighted by atomic mass is 28.4. The quantitative estimate of drug-likeness (QED) is 0.241. The molecule has 0 aliphatic carbocycles. The summed E-state index contributed by atoms with van der Waals surface area (Å²) in [7, 11) is -2.15. The van der Waals surface area contributed by atoms with Crippen LogP contribution in [0.4, 0.5) is 4.79 Å². The zero-order chi connectivity index (χ0) is 17.2. The molecule has 4 heteroatoms. The molecule has 0 aromatic heterocycles. The highest BCUT2D eigenvalue weighted by Crippen LogP contribution is 2.42. The van der Waals surface area contributed by atoms with Crippen LogP contribution < -0.4 is 0 Å². The SMILES string of the molecule is CCCCCCCCOC(=O)O[Si](C(C)C)(C(C)C)C(C)C. The zero-order valence-corrected chi connectivity index (χ0v) is 16.9. The van der Waals surface area contributed by atoms with Crippen molar-refractivity contribution < 1.29 is 14.0 Å². The van der Waals surface area contributed by atoms with Gasteiger partial charge in [0.1, 0.15) is 0 Å². The largest absolute Gasteiger partial charge is 0.494 e. The van der Waals surface area contributed by atoms with Gasteiger partial charge in [0.2, 0.25) is 0 Å². The summed E-state index contributed by atoms with van der Waals surface area (Å²) in [5.41, 5.74) is 1.19. The van der Waals surface area contributed by atoms with Crippen LogP contribution in [-0.2, 0) is 9.16 Å². The lowest BCUT2D eigenvalue weighted by atomic mass is 10.1. The minimum Gasteiger partial charge on any atom is -0.488 e. The number of carbonyl (C=O) groups is 1. The van der Waals surface area contributed by atoms with Gasteiger partial charge in [-0.2, -0.15) is 0 Å². The third kappa shape index (κ3) is 6.72. The van der Waals surface area contributed by atoms with Gasteiger partial charge in [0.25, 0.3) is 8.32 Å². The van der Waals surface area contributed by atoms with Gasteiger partial charge in [-0.05, 0) is 23.0 Å². The average molecular weight is 331 g/mol. The van der Waals surface area contributed by atoms with Crippen LogP contribution in [0.15, 0.2) is 0 Å². The monoisotopic (exact) mass is 330 g/mol. The maximum atomic E-state index is 12.1. The van der Waals surface area contributed by atoms with Crippen molar-refractivity contribution >= 4 is 14.5 Å². The van der Waals surface area contributed by atoms with E-state index in [-0.39, 0.29) is 0 Å². The molecule has 0 unspecified atom stereocenters. The molecule has 0 N–H and O–H groups in total. The maximum Gasteiger partial charge on any atom is 0.494 e. The van der Waals surface area contributed by atoms with Crippen LogP contribution in [0.2, 0.25) is 16.6 Å². The van der Waals surface area contributed by atoms with Crippen molar-refractivity contribution in [2.75, 3.05) is 6.61 Å². The van der Waals surface area contributed by atoms with Crippen LogP contribution in [0, 0.1) is 0 Å². The van der Waals surface area contributed by atoms with E-state index in [0.717, 1.165) is 12.8 Å². The molecule has 0 radical (unpaired) electrons. The van der Waals surface area contributed by atoms with Gasteiger partial charge in [0, 0.05) is 0 Å². The Morgan fingerprint density at radius 1 is 0.818 bits per heavy atom. The number of ether oxygens (including phenoxy) is 1. The summed E-state index contributed by atoms with van der Waals surface area (Å²) in [5.74, 6) is 0. The van der Waals surface area contributed by atoms with Crippen LogP contribution >= 0.6 is 0 Å². The van der Waals surface area contributed by atoms with E-state index in [1.165, 1.54) is 25.7 Å². The van der Waals surface area contributed by atoms with Crippen LogP contribution in [0.5, 0.6) is 0 Å². The highest BCUT2D eigenvalue weighted by molar-refractivity contribution is 6.78. The minimum absolute atomic E-state index is 0.397. The highest BCUT2D eigenvalue weighted by Gasteiger charge is 2.48. The van der Waals surface area contributed by atoms with Gasteiger partial charge in [-0.25, -0.2) is 4.79 Å². The molecule has 0 atom stereocenters. The summed E-state index contributed by atoms with van der Waals surface area (Å²) in [5, 5.41) is 0. The second kappa shape index (κ2) is 11.1. The summed E-state index contributed by atoms with van der Waals surface area (Å²) in [4.78, 5) is 12.1. The Morgan fingerprint density at radius 3 is 1.73 bits per heavy atom. The molecule has 0 aliphatic rings. The summed E-state index contributed by atoms with van der Waals surface area (Å²) in [6.07, 6.45) is 6.70. The number of unbranched alkanes of at least 4 members (excludes halogenated alkanes) is 5. The Bertz CT molecular complexity index is 279. The van der Waals surface area contributed by atoms with Crippen molar-refractivity contribution in [3.63, 3.8) is 0 Å². The third-order valence-corrected chi connectivity index (χ3v) is 10.6. The molecular weight excluding hydrogens is 292 g/mol. The van der Waals surface area contributed by atoms with Crippen molar-refractivity contribution in [1.29, 1.82) is 0 Å². The normalized spacial score (nSPS) is 12.3. The molecule has 0 fully saturated rings. The lowest BCUT2D eigenvalue weighted by Gasteiger charge is -2.40. The molecule has 132 valence electrons. The smallest absolute Gasteiger partial charge is 0.488 e. The molecule has 0 saturated carbocycles. The standard InChI is InChI=1S/C18H38O3Si/c1-8-9-10-11-12-13-14-20-18(19)21-22(15(2)3,16(4)5)17(6)7/h15-17H,8-14H2,1-7H3. The lowest BCUT2D eigenvalue weighted by Crippen LogP contribution is -2.49. The van der Waals surface area contributed by atoms with Crippen LogP contribution in [0.3, 0.4) is 0 Å². The van der Waals surface area contributed by atoms with Crippen LogP contribution in [-0.4, -0.2) is 21.1 Å². The first-order valence-corrected chi connectivity index (χ1v) is 11.3. The fourth-order valence-corrected chi connectivity index (χ4v) is 8.62. The molecule has 0 aromatic carbocycles. The van der Waals surface area contributed by atoms with E-state index < -0.39 is 14.5 Å².